The van der Waals surface area contributed by atoms with E-state index in [1.165, 1.54) is 6.07 Å². The standard InChI is InChI=1S/C15H19FN4O/c1-19(2)15(21)14-9-18-5-6-20(14)10-12-4-3-11(8-17)7-13(12)16/h3-4,7,14,18H,5-6,9-10H2,1-2H3. The maximum absolute atomic E-state index is 14.0. The lowest BCUT2D eigenvalue weighted by molar-refractivity contribution is -0.135. The second-order valence-corrected chi connectivity index (χ2v) is 5.34. The molecule has 1 aliphatic rings. The Hall–Kier alpha value is -1.97. The van der Waals surface area contributed by atoms with Gasteiger partial charge in [-0.2, -0.15) is 5.26 Å². The van der Waals surface area contributed by atoms with Gasteiger partial charge in [0.15, 0.2) is 0 Å². The Morgan fingerprint density at radius 2 is 2.33 bits per heavy atom. The predicted molar refractivity (Wildman–Crippen MR) is 76.9 cm³/mol. The number of nitrogens with one attached hydrogen (secondary N) is 1. The number of halogens is 1. The van der Waals surface area contributed by atoms with Crippen LogP contribution in [0.4, 0.5) is 4.39 Å². The van der Waals surface area contributed by atoms with Crippen LogP contribution in [-0.2, 0) is 11.3 Å². The Labute approximate surface area is 123 Å². The number of likely N-dealkylation sites (N-methyl/N-ethyl adjacent to an activating group) is 1. The largest absolute Gasteiger partial charge is 0.347 e. The average molecular weight is 290 g/mol. The van der Waals surface area contributed by atoms with Crippen molar-refractivity contribution in [2.45, 2.75) is 12.6 Å². The molecule has 1 fully saturated rings. The maximum Gasteiger partial charge on any atom is 0.240 e. The first-order valence-electron chi connectivity index (χ1n) is 6.87. The molecule has 1 aliphatic heterocycles. The molecule has 0 spiro atoms. The molecule has 1 heterocycles. The molecule has 6 heteroatoms. The van der Waals surface area contributed by atoms with Gasteiger partial charge in [0, 0.05) is 45.8 Å². The number of piperazine rings is 1. The van der Waals surface area contributed by atoms with Crippen molar-refractivity contribution in [2.24, 2.45) is 0 Å². The highest BCUT2D eigenvalue weighted by Gasteiger charge is 2.30. The summed E-state index contributed by atoms with van der Waals surface area (Å²) < 4.78 is 14.0. The molecule has 1 atom stereocenters. The Balaban J connectivity index is 2.16. The average Bonchev–Trinajstić information content (AvgIpc) is 2.49. The van der Waals surface area contributed by atoms with Crippen LogP contribution in [0.15, 0.2) is 18.2 Å². The number of hydrogen-bond donors (Lipinski definition) is 1. The van der Waals surface area contributed by atoms with Crippen molar-refractivity contribution in [3.8, 4) is 6.07 Å². The molecular formula is C15H19FN4O. The van der Waals surface area contributed by atoms with Gasteiger partial charge >= 0.3 is 0 Å². The van der Waals surface area contributed by atoms with E-state index < -0.39 is 5.82 Å². The van der Waals surface area contributed by atoms with Gasteiger partial charge < -0.3 is 10.2 Å². The molecule has 0 radical (unpaired) electrons. The van der Waals surface area contributed by atoms with Gasteiger partial charge in [-0.3, -0.25) is 9.69 Å². The van der Waals surface area contributed by atoms with Gasteiger partial charge in [-0.1, -0.05) is 6.07 Å². The van der Waals surface area contributed by atoms with Gasteiger partial charge in [-0.25, -0.2) is 4.39 Å². The van der Waals surface area contributed by atoms with Crippen molar-refractivity contribution >= 4 is 5.91 Å². The molecule has 1 amide bonds. The first-order chi connectivity index (χ1) is 10.0. The highest BCUT2D eigenvalue weighted by atomic mass is 19.1. The van der Waals surface area contributed by atoms with Gasteiger partial charge in [-0.15, -0.1) is 0 Å². The van der Waals surface area contributed by atoms with Gasteiger partial charge in [-0.05, 0) is 12.1 Å². The Morgan fingerprint density at radius 1 is 1.57 bits per heavy atom. The second kappa shape index (κ2) is 6.66. The van der Waals surface area contributed by atoms with E-state index in [2.05, 4.69) is 5.32 Å². The van der Waals surface area contributed by atoms with Crippen LogP contribution in [0.3, 0.4) is 0 Å². The zero-order chi connectivity index (χ0) is 15.4. The first-order valence-corrected chi connectivity index (χ1v) is 6.87. The minimum atomic E-state index is -0.399. The van der Waals surface area contributed by atoms with E-state index in [-0.39, 0.29) is 11.9 Å². The van der Waals surface area contributed by atoms with E-state index in [0.29, 0.717) is 30.8 Å². The molecule has 0 aromatic heterocycles. The van der Waals surface area contributed by atoms with E-state index in [4.69, 9.17) is 5.26 Å². The van der Waals surface area contributed by atoms with E-state index in [0.717, 1.165) is 6.54 Å². The lowest BCUT2D eigenvalue weighted by atomic mass is 10.1. The Kier molecular flexibility index (Phi) is 4.89. The number of benzene rings is 1. The van der Waals surface area contributed by atoms with Crippen LogP contribution in [0.1, 0.15) is 11.1 Å². The van der Waals surface area contributed by atoms with E-state index in [1.807, 2.05) is 11.0 Å². The minimum absolute atomic E-state index is 0.0104. The summed E-state index contributed by atoms with van der Waals surface area (Å²) in [6.07, 6.45) is 0. The third-order valence-corrected chi connectivity index (χ3v) is 3.64. The van der Waals surface area contributed by atoms with Crippen molar-refractivity contribution in [3.63, 3.8) is 0 Å². The quantitative estimate of drug-likeness (QED) is 0.883. The normalized spacial score (nSPS) is 19.0. The molecule has 2 rings (SSSR count). The topological polar surface area (TPSA) is 59.4 Å². The summed E-state index contributed by atoms with van der Waals surface area (Å²) in [6.45, 7) is 2.39. The van der Waals surface area contributed by atoms with Crippen LogP contribution >= 0.6 is 0 Å². The van der Waals surface area contributed by atoms with Crippen LogP contribution in [0.2, 0.25) is 0 Å². The van der Waals surface area contributed by atoms with Crippen LogP contribution in [0.25, 0.3) is 0 Å². The summed E-state index contributed by atoms with van der Waals surface area (Å²) in [6, 6.07) is 6.08. The molecule has 1 aromatic rings. The molecule has 21 heavy (non-hydrogen) atoms. The molecule has 1 aromatic carbocycles. The molecule has 1 saturated heterocycles. The van der Waals surface area contributed by atoms with Crippen LogP contribution in [0, 0.1) is 17.1 Å². The zero-order valence-electron chi connectivity index (χ0n) is 12.3. The fourth-order valence-electron chi connectivity index (χ4n) is 2.44. The molecule has 1 unspecified atom stereocenters. The highest BCUT2D eigenvalue weighted by molar-refractivity contribution is 5.81. The molecule has 0 saturated carbocycles. The number of nitriles is 1. The van der Waals surface area contributed by atoms with Crippen molar-refractivity contribution in [1.82, 2.24) is 15.1 Å². The third kappa shape index (κ3) is 3.57. The summed E-state index contributed by atoms with van der Waals surface area (Å²) in [4.78, 5) is 15.7. The van der Waals surface area contributed by atoms with Crippen molar-refractivity contribution in [2.75, 3.05) is 33.7 Å². The van der Waals surface area contributed by atoms with E-state index >= 15 is 0 Å². The molecule has 112 valence electrons. The number of carbonyl (C=O) groups excluding carboxylic acids is 1. The van der Waals surface area contributed by atoms with Crippen molar-refractivity contribution in [3.05, 3.63) is 35.1 Å². The summed E-state index contributed by atoms with van der Waals surface area (Å²) in [5, 5.41) is 12.0. The molecule has 1 N–H and O–H groups in total. The lowest BCUT2D eigenvalue weighted by Crippen LogP contribution is -2.57. The molecular weight excluding hydrogens is 271 g/mol. The van der Waals surface area contributed by atoms with E-state index in [9.17, 15) is 9.18 Å². The fraction of sp³-hybridized carbons (Fsp3) is 0.467. The third-order valence-electron chi connectivity index (χ3n) is 3.64. The SMILES string of the molecule is CN(C)C(=O)C1CNCCN1Cc1ccc(C#N)cc1F. The molecule has 0 aliphatic carbocycles. The van der Waals surface area contributed by atoms with Gasteiger partial charge in [0.2, 0.25) is 5.91 Å². The van der Waals surface area contributed by atoms with Gasteiger partial charge in [0.25, 0.3) is 0 Å². The summed E-state index contributed by atoms with van der Waals surface area (Å²) in [5.41, 5.74) is 0.810. The van der Waals surface area contributed by atoms with Crippen LogP contribution in [0.5, 0.6) is 0 Å². The number of hydrogen-bond acceptors (Lipinski definition) is 4. The van der Waals surface area contributed by atoms with Crippen LogP contribution < -0.4 is 5.32 Å². The van der Waals surface area contributed by atoms with Gasteiger partial charge in [0.1, 0.15) is 11.9 Å². The lowest BCUT2D eigenvalue weighted by Gasteiger charge is -2.36. The zero-order valence-corrected chi connectivity index (χ0v) is 12.3. The van der Waals surface area contributed by atoms with Crippen LogP contribution in [-0.4, -0.2) is 55.5 Å². The number of amides is 1. The highest BCUT2D eigenvalue weighted by Crippen LogP contribution is 2.16. The summed E-state index contributed by atoms with van der Waals surface area (Å²) in [7, 11) is 3.44. The second-order valence-electron chi connectivity index (χ2n) is 5.34. The Morgan fingerprint density at radius 3 is 2.95 bits per heavy atom. The monoisotopic (exact) mass is 290 g/mol. The fourth-order valence-corrected chi connectivity index (χ4v) is 2.44. The summed E-state index contributed by atoms with van der Waals surface area (Å²) >= 11 is 0. The molecule has 5 nitrogen and oxygen atoms in total. The Bertz CT molecular complexity index is 567. The number of rotatable bonds is 3. The van der Waals surface area contributed by atoms with Crippen molar-refractivity contribution < 1.29 is 9.18 Å². The van der Waals surface area contributed by atoms with E-state index in [1.54, 1.807) is 31.1 Å². The first kappa shape index (κ1) is 15.4. The predicted octanol–water partition coefficient (Wildman–Crippen LogP) is 0.559. The summed E-state index contributed by atoms with van der Waals surface area (Å²) in [5.74, 6) is -0.389. The number of carbonyl (C=O) groups is 1. The smallest absolute Gasteiger partial charge is 0.240 e. The number of nitrogens with zero attached hydrogens (tertiary/aromatic N) is 3. The minimum Gasteiger partial charge on any atom is -0.347 e. The van der Waals surface area contributed by atoms with Gasteiger partial charge in [0.05, 0.1) is 11.6 Å². The molecule has 0 bridgehead atoms. The van der Waals surface area contributed by atoms with Crippen molar-refractivity contribution in [1.29, 1.82) is 5.26 Å². The maximum atomic E-state index is 14.0.